The number of nitrogens with zero attached hydrogens (tertiary/aromatic N) is 1. The number of hydrogen-bond acceptors (Lipinski definition) is 3. The molecule has 1 aliphatic rings. The number of halogens is 3. The number of rotatable bonds is 2. The summed E-state index contributed by atoms with van der Waals surface area (Å²) in [5.41, 5.74) is -1.95. The van der Waals surface area contributed by atoms with Crippen LogP contribution in [-0.2, 0) is 0 Å². The Bertz CT molecular complexity index is 605. The highest BCUT2D eigenvalue weighted by Gasteiger charge is 2.36. The van der Waals surface area contributed by atoms with E-state index in [2.05, 4.69) is 5.32 Å². The molecule has 1 aliphatic carbocycles. The summed E-state index contributed by atoms with van der Waals surface area (Å²) < 4.78 is 39.7. The van der Waals surface area contributed by atoms with Crippen molar-refractivity contribution < 1.29 is 23.1 Å². The van der Waals surface area contributed by atoms with Gasteiger partial charge >= 0.3 is 0 Å². The molecule has 0 heterocycles. The second kappa shape index (κ2) is 5.04. The Kier molecular flexibility index (Phi) is 3.57. The minimum atomic E-state index is -1.75. The van der Waals surface area contributed by atoms with Gasteiger partial charge in [-0.3, -0.25) is 4.79 Å². The summed E-state index contributed by atoms with van der Waals surface area (Å²) in [5, 5.41) is 20.5. The molecule has 2 rings (SSSR count). The Morgan fingerprint density at radius 2 is 1.90 bits per heavy atom. The van der Waals surface area contributed by atoms with Crippen molar-refractivity contribution in [3.05, 3.63) is 29.1 Å². The first-order valence-corrected chi connectivity index (χ1v) is 6.00. The van der Waals surface area contributed by atoms with Crippen molar-refractivity contribution in [3.8, 4) is 11.8 Å². The molecule has 1 fully saturated rings. The summed E-state index contributed by atoms with van der Waals surface area (Å²) in [4.78, 5) is 11.9. The molecule has 20 heavy (non-hydrogen) atoms. The third-order valence-electron chi connectivity index (χ3n) is 3.40. The molecule has 0 spiro atoms. The summed E-state index contributed by atoms with van der Waals surface area (Å²) in [6.07, 6.45) is 2.29. The van der Waals surface area contributed by atoms with Gasteiger partial charge in [0.15, 0.2) is 17.4 Å². The van der Waals surface area contributed by atoms with Gasteiger partial charge < -0.3 is 10.4 Å². The maximum absolute atomic E-state index is 13.6. The zero-order valence-electron chi connectivity index (χ0n) is 10.3. The van der Waals surface area contributed by atoms with Crippen molar-refractivity contribution in [3.63, 3.8) is 0 Å². The Morgan fingerprint density at radius 1 is 1.30 bits per heavy atom. The van der Waals surface area contributed by atoms with Crippen LogP contribution in [0.1, 0.15) is 36.0 Å². The largest absolute Gasteiger partial charge is 0.503 e. The van der Waals surface area contributed by atoms with E-state index in [0.717, 1.165) is 12.8 Å². The van der Waals surface area contributed by atoms with Crippen molar-refractivity contribution >= 4 is 5.91 Å². The zero-order chi connectivity index (χ0) is 14.9. The van der Waals surface area contributed by atoms with E-state index in [9.17, 15) is 18.0 Å². The van der Waals surface area contributed by atoms with Crippen molar-refractivity contribution in [1.82, 2.24) is 5.32 Å². The molecule has 0 atom stereocenters. The van der Waals surface area contributed by atoms with Crippen LogP contribution in [-0.4, -0.2) is 16.6 Å². The molecule has 7 heteroatoms. The molecule has 0 unspecified atom stereocenters. The van der Waals surface area contributed by atoms with Crippen molar-refractivity contribution in [2.75, 3.05) is 0 Å². The number of carbonyl (C=O) groups excluding carboxylic acids is 1. The van der Waals surface area contributed by atoms with E-state index < -0.39 is 40.2 Å². The fraction of sp³-hybridized carbons (Fsp3) is 0.385. The zero-order valence-corrected chi connectivity index (χ0v) is 10.3. The minimum Gasteiger partial charge on any atom is -0.503 e. The molecule has 1 aromatic rings. The van der Waals surface area contributed by atoms with E-state index in [1.807, 2.05) is 6.07 Å². The smallest absolute Gasteiger partial charge is 0.255 e. The molecule has 1 amide bonds. The Balaban J connectivity index is 2.33. The average molecular weight is 284 g/mol. The fourth-order valence-corrected chi connectivity index (χ4v) is 2.28. The van der Waals surface area contributed by atoms with Gasteiger partial charge in [0, 0.05) is 0 Å². The van der Waals surface area contributed by atoms with Crippen LogP contribution >= 0.6 is 0 Å². The molecular weight excluding hydrogens is 273 g/mol. The lowest BCUT2D eigenvalue weighted by Gasteiger charge is -2.22. The summed E-state index contributed by atoms with van der Waals surface area (Å²) >= 11 is 0. The van der Waals surface area contributed by atoms with Gasteiger partial charge in [0.1, 0.15) is 5.54 Å². The quantitative estimate of drug-likeness (QED) is 0.819. The number of hydrogen-bond donors (Lipinski definition) is 2. The molecule has 0 aliphatic heterocycles. The lowest BCUT2D eigenvalue weighted by molar-refractivity contribution is 0.0914. The van der Waals surface area contributed by atoms with Gasteiger partial charge in [-0.2, -0.15) is 9.65 Å². The first-order valence-electron chi connectivity index (χ1n) is 6.00. The van der Waals surface area contributed by atoms with Crippen LogP contribution in [0.25, 0.3) is 0 Å². The Labute approximate surface area is 112 Å². The molecule has 106 valence electrons. The lowest BCUT2D eigenvalue weighted by atomic mass is 9.99. The molecule has 0 bridgehead atoms. The van der Waals surface area contributed by atoms with Crippen LogP contribution < -0.4 is 5.32 Å². The van der Waals surface area contributed by atoms with E-state index >= 15 is 0 Å². The molecule has 0 saturated heterocycles. The van der Waals surface area contributed by atoms with Crippen LogP contribution in [0.4, 0.5) is 13.2 Å². The van der Waals surface area contributed by atoms with Crippen LogP contribution in [0.15, 0.2) is 6.07 Å². The van der Waals surface area contributed by atoms with E-state index in [0.29, 0.717) is 18.9 Å². The molecule has 0 aromatic heterocycles. The number of amides is 1. The van der Waals surface area contributed by atoms with Gasteiger partial charge in [0.05, 0.1) is 11.6 Å². The summed E-state index contributed by atoms with van der Waals surface area (Å²) in [7, 11) is 0. The molecule has 2 N–H and O–H groups in total. The average Bonchev–Trinajstić information content (AvgIpc) is 2.89. The third-order valence-corrected chi connectivity index (χ3v) is 3.40. The second-order valence-corrected chi connectivity index (χ2v) is 4.74. The first-order chi connectivity index (χ1) is 9.40. The second-order valence-electron chi connectivity index (χ2n) is 4.74. The van der Waals surface area contributed by atoms with Crippen LogP contribution in [0, 0.1) is 28.8 Å². The highest BCUT2D eigenvalue weighted by atomic mass is 19.2. The maximum Gasteiger partial charge on any atom is 0.255 e. The van der Waals surface area contributed by atoms with Gasteiger partial charge in [0.2, 0.25) is 5.82 Å². The van der Waals surface area contributed by atoms with Crippen molar-refractivity contribution in [2.24, 2.45) is 0 Å². The van der Waals surface area contributed by atoms with Crippen molar-refractivity contribution in [1.29, 1.82) is 5.26 Å². The molecule has 1 saturated carbocycles. The van der Waals surface area contributed by atoms with Gasteiger partial charge in [-0.05, 0) is 31.7 Å². The Morgan fingerprint density at radius 3 is 2.45 bits per heavy atom. The number of benzene rings is 1. The van der Waals surface area contributed by atoms with Gasteiger partial charge in [-0.25, -0.2) is 8.78 Å². The van der Waals surface area contributed by atoms with Crippen LogP contribution in [0.3, 0.4) is 0 Å². The highest BCUT2D eigenvalue weighted by Crippen LogP contribution is 2.30. The third kappa shape index (κ3) is 2.29. The monoisotopic (exact) mass is 284 g/mol. The van der Waals surface area contributed by atoms with Crippen LogP contribution in [0.2, 0.25) is 0 Å². The summed E-state index contributed by atoms with van der Waals surface area (Å²) in [6.45, 7) is 0. The summed E-state index contributed by atoms with van der Waals surface area (Å²) in [5.74, 6) is -7.44. The highest BCUT2D eigenvalue weighted by molar-refractivity contribution is 5.95. The number of aromatic hydroxyl groups is 1. The van der Waals surface area contributed by atoms with Crippen molar-refractivity contribution in [2.45, 2.75) is 31.2 Å². The predicted molar refractivity (Wildman–Crippen MR) is 62.3 cm³/mol. The number of phenolic OH excluding ortho intramolecular Hbond substituents is 1. The van der Waals surface area contributed by atoms with Gasteiger partial charge in [-0.15, -0.1) is 0 Å². The molecular formula is C13H11F3N2O2. The number of phenols is 1. The van der Waals surface area contributed by atoms with Crippen LogP contribution in [0.5, 0.6) is 5.75 Å². The topological polar surface area (TPSA) is 73.1 Å². The SMILES string of the molecule is N#CC1(NC(=O)c2cc(F)c(F)c(O)c2F)CCCC1. The van der Waals surface area contributed by atoms with E-state index in [1.54, 1.807) is 0 Å². The van der Waals surface area contributed by atoms with E-state index in [1.165, 1.54) is 0 Å². The Hall–Kier alpha value is -2.23. The van der Waals surface area contributed by atoms with E-state index in [4.69, 9.17) is 10.4 Å². The number of nitriles is 1. The first kappa shape index (κ1) is 14.2. The number of carbonyl (C=O) groups is 1. The lowest BCUT2D eigenvalue weighted by Crippen LogP contribution is -2.45. The standard InChI is InChI=1S/C13H11F3N2O2/c14-8-5-7(9(15)11(19)10(8)16)12(20)18-13(6-17)3-1-2-4-13/h5,19H,1-4H2,(H,18,20). The van der Waals surface area contributed by atoms with E-state index in [-0.39, 0.29) is 0 Å². The maximum atomic E-state index is 13.6. The predicted octanol–water partition coefficient (Wildman–Crippen LogP) is 2.38. The molecule has 4 nitrogen and oxygen atoms in total. The molecule has 0 radical (unpaired) electrons. The molecule has 1 aromatic carbocycles. The normalized spacial score (nSPS) is 16.7. The minimum absolute atomic E-state index is 0.361. The number of nitrogens with one attached hydrogen (secondary N) is 1. The summed E-state index contributed by atoms with van der Waals surface area (Å²) in [6, 6.07) is 2.31. The fourth-order valence-electron chi connectivity index (χ4n) is 2.28. The van der Waals surface area contributed by atoms with Gasteiger partial charge in [0.25, 0.3) is 5.91 Å². The van der Waals surface area contributed by atoms with Gasteiger partial charge in [-0.1, -0.05) is 0 Å².